The van der Waals surface area contributed by atoms with E-state index in [1.165, 1.54) is 22.7 Å². The van der Waals surface area contributed by atoms with Crippen molar-refractivity contribution in [2.45, 2.75) is 25.9 Å². The van der Waals surface area contributed by atoms with Crippen molar-refractivity contribution >= 4 is 23.2 Å². The number of carbonyl (C=O) groups is 1. The van der Waals surface area contributed by atoms with Gasteiger partial charge in [0.2, 0.25) is 0 Å². The fraction of sp³-hybridized carbons (Fsp3) is 0.294. The number of hydrogen-bond donors (Lipinski definition) is 0. The van der Waals surface area contributed by atoms with Gasteiger partial charge in [0.05, 0.1) is 11.5 Å². The van der Waals surface area contributed by atoms with E-state index in [1.807, 2.05) is 30.0 Å². The molecular weight excluding hydrogens is 296 g/mol. The highest BCUT2D eigenvalue weighted by Gasteiger charge is 2.33. The van der Waals surface area contributed by atoms with E-state index in [1.54, 1.807) is 6.20 Å². The molecule has 1 unspecified atom stereocenters. The molecule has 0 saturated heterocycles. The van der Waals surface area contributed by atoms with Crippen molar-refractivity contribution in [2.75, 3.05) is 6.61 Å². The molecule has 2 heterocycles. The first kappa shape index (κ1) is 14.8. The topological polar surface area (TPSA) is 42.4 Å². The third-order valence-corrected chi connectivity index (χ3v) is 4.67. The van der Waals surface area contributed by atoms with Crippen molar-refractivity contribution in [1.82, 2.24) is 9.27 Å². The summed E-state index contributed by atoms with van der Waals surface area (Å²) in [6.45, 7) is 7.06. The molecule has 5 heteroatoms. The fourth-order valence-corrected chi connectivity index (χ4v) is 3.34. The predicted octanol–water partition coefficient (Wildman–Crippen LogP) is 3.10. The number of nitrogens with zero attached hydrogens (tertiary/aromatic N) is 2. The predicted molar refractivity (Wildman–Crippen MR) is 87.3 cm³/mol. The number of ether oxygens (including phenoxy) is 1. The molecule has 1 aliphatic heterocycles. The lowest BCUT2D eigenvalue weighted by Crippen LogP contribution is -2.45. The van der Waals surface area contributed by atoms with Crippen LogP contribution in [0.3, 0.4) is 0 Å². The summed E-state index contributed by atoms with van der Waals surface area (Å²) in [4.78, 5) is 15.4. The van der Waals surface area contributed by atoms with Crippen LogP contribution in [0.4, 0.5) is 0 Å². The van der Waals surface area contributed by atoms with E-state index in [4.69, 9.17) is 4.74 Å². The van der Waals surface area contributed by atoms with Crippen LogP contribution in [-0.4, -0.2) is 27.9 Å². The summed E-state index contributed by atoms with van der Waals surface area (Å²) in [6, 6.07) is 9.81. The van der Waals surface area contributed by atoms with E-state index in [0.717, 1.165) is 10.6 Å². The largest absolute Gasteiger partial charge is 0.464 e. The average molecular weight is 314 g/mol. The lowest BCUT2D eigenvalue weighted by Gasteiger charge is -2.37. The number of rotatable bonds is 4. The van der Waals surface area contributed by atoms with Crippen molar-refractivity contribution in [2.24, 2.45) is 0 Å². The Morgan fingerprint density at radius 3 is 2.86 bits per heavy atom. The highest BCUT2D eigenvalue weighted by atomic mass is 32.1. The highest BCUT2D eigenvalue weighted by Crippen LogP contribution is 2.31. The van der Waals surface area contributed by atoms with Crippen LogP contribution < -0.4 is 0 Å². The first-order valence-corrected chi connectivity index (χ1v) is 8.08. The first-order valence-electron chi connectivity index (χ1n) is 7.30. The lowest BCUT2D eigenvalue weighted by molar-refractivity contribution is -0.148. The molecule has 1 aromatic heterocycles. The normalized spacial score (nSPS) is 17.0. The van der Waals surface area contributed by atoms with Crippen LogP contribution in [0.25, 0.3) is 5.70 Å². The van der Waals surface area contributed by atoms with Crippen LogP contribution in [-0.2, 0) is 22.5 Å². The van der Waals surface area contributed by atoms with Crippen molar-refractivity contribution in [3.63, 3.8) is 0 Å². The van der Waals surface area contributed by atoms with Gasteiger partial charge in [0.25, 0.3) is 0 Å². The third-order valence-electron chi connectivity index (χ3n) is 3.88. The zero-order valence-electron chi connectivity index (χ0n) is 12.5. The number of benzene rings is 1. The number of carbonyl (C=O) groups excluding carboxylic acids is 1. The van der Waals surface area contributed by atoms with Gasteiger partial charge in [-0.1, -0.05) is 30.8 Å². The Morgan fingerprint density at radius 1 is 1.41 bits per heavy atom. The molecule has 1 aromatic carbocycles. The molecule has 2 aromatic rings. The van der Waals surface area contributed by atoms with Crippen molar-refractivity contribution < 1.29 is 9.53 Å². The summed E-state index contributed by atoms with van der Waals surface area (Å²) in [5, 5.41) is 0. The Hall–Kier alpha value is -2.14. The van der Waals surface area contributed by atoms with E-state index < -0.39 is 0 Å². The zero-order chi connectivity index (χ0) is 15.5. The quantitative estimate of drug-likeness (QED) is 0.813. The fourth-order valence-electron chi connectivity index (χ4n) is 2.76. The maximum atomic E-state index is 12.4. The average Bonchev–Trinajstić information content (AvgIpc) is 3.07. The Kier molecular flexibility index (Phi) is 4.24. The lowest BCUT2D eigenvalue weighted by atomic mass is 9.93. The van der Waals surface area contributed by atoms with Crippen LogP contribution in [0.5, 0.6) is 0 Å². The molecule has 1 aliphatic rings. The molecule has 0 N–H and O–H groups in total. The molecule has 1 atom stereocenters. The standard InChI is InChI=1S/C17H18N2O2S/c1-3-21-17(20)15-10-13-6-4-5-7-14(13)11-19(15)12(2)16-8-9-18-22-16/h4-9,15H,2-3,10-11H2,1H3. The molecule has 3 rings (SSSR count). The highest BCUT2D eigenvalue weighted by molar-refractivity contribution is 7.06. The maximum absolute atomic E-state index is 12.4. The minimum absolute atomic E-state index is 0.192. The van der Waals surface area contributed by atoms with E-state index in [2.05, 4.69) is 23.1 Å². The van der Waals surface area contributed by atoms with Gasteiger partial charge in [0.1, 0.15) is 6.04 Å². The number of hydrogen-bond acceptors (Lipinski definition) is 5. The first-order chi connectivity index (χ1) is 10.7. The maximum Gasteiger partial charge on any atom is 0.329 e. The number of fused-ring (bicyclic) bond motifs is 1. The summed E-state index contributed by atoms with van der Waals surface area (Å²) in [6.07, 6.45) is 2.40. The summed E-state index contributed by atoms with van der Waals surface area (Å²) < 4.78 is 9.39. The minimum atomic E-state index is -0.329. The summed E-state index contributed by atoms with van der Waals surface area (Å²) in [7, 11) is 0. The monoisotopic (exact) mass is 314 g/mol. The van der Waals surface area contributed by atoms with Gasteiger partial charge < -0.3 is 9.64 Å². The Labute approximate surface area is 134 Å². The SMILES string of the molecule is C=C(c1ccns1)N1Cc2ccccc2CC1C(=O)OCC. The molecule has 0 fully saturated rings. The van der Waals surface area contributed by atoms with E-state index in [-0.39, 0.29) is 12.0 Å². The van der Waals surface area contributed by atoms with Gasteiger partial charge in [-0.05, 0) is 35.6 Å². The van der Waals surface area contributed by atoms with Crippen LogP contribution in [0.2, 0.25) is 0 Å². The minimum Gasteiger partial charge on any atom is -0.464 e. The van der Waals surface area contributed by atoms with Crippen LogP contribution >= 0.6 is 11.5 Å². The number of esters is 1. The molecule has 0 aliphatic carbocycles. The summed E-state index contributed by atoms with van der Waals surface area (Å²) >= 11 is 1.39. The van der Waals surface area contributed by atoms with Crippen molar-refractivity contribution in [3.8, 4) is 0 Å². The van der Waals surface area contributed by atoms with Gasteiger partial charge in [-0.2, -0.15) is 0 Å². The van der Waals surface area contributed by atoms with Gasteiger partial charge in [0, 0.05) is 24.9 Å². The Balaban J connectivity index is 1.94. The van der Waals surface area contributed by atoms with Gasteiger partial charge in [-0.3, -0.25) is 0 Å². The van der Waals surface area contributed by atoms with Gasteiger partial charge in [-0.15, -0.1) is 0 Å². The van der Waals surface area contributed by atoms with Gasteiger partial charge in [0.15, 0.2) is 0 Å². The van der Waals surface area contributed by atoms with Gasteiger partial charge >= 0.3 is 5.97 Å². The molecule has 0 amide bonds. The Morgan fingerprint density at radius 2 is 2.18 bits per heavy atom. The third kappa shape index (κ3) is 2.76. The van der Waals surface area contributed by atoms with Crippen molar-refractivity contribution in [3.05, 3.63) is 59.1 Å². The second-order valence-electron chi connectivity index (χ2n) is 5.19. The van der Waals surface area contributed by atoms with Crippen LogP contribution in [0.15, 0.2) is 43.1 Å². The second kappa shape index (κ2) is 6.32. The van der Waals surface area contributed by atoms with Crippen LogP contribution in [0, 0.1) is 0 Å². The molecule has 0 bridgehead atoms. The van der Waals surface area contributed by atoms with Gasteiger partial charge in [-0.25, -0.2) is 9.17 Å². The van der Waals surface area contributed by atoms with E-state index in [0.29, 0.717) is 19.6 Å². The molecule has 22 heavy (non-hydrogen) atoms. The summed E-state index contributed by atoms with van der Waals surface area (Å²) in [5.41, 5.74) is 3.26. The molecule has 0 spiro atoms. The molecule has 0 saturated carbocycles. The summed E-state index contributed by atoms with van der Waals surface area (Å²) in [5.74, 6) is -0.192. The van der Waals surface area contributed by atoms with E-state index >= 15 is 0 Å². The second-order valence-corrected chi connectivity index (χ2v) is 6.03. The van der Waals surface area contributed by atoms with E-state index in [9.17, 15) is 4.79 Å². The molecule has 0 radical (unpaired) electrons. The molecular formula is C17H18N2O2S. The molecule has 4 nitrogen and oxygen atoms in total. The Bertz CT molecular complexity index is 682. The van der Waals surface area contributed by atoms with Crippen molar-refractivity contribution in [1.29, 1.82) is 0 Å². The number of aromatic nitrogens is 1. The van der Waals surface area contributed by atoms with Crippen LogP contribution in [0.1, 0.15) is 22.9 Å². The smallest absolute Gasteiger partial charge is 0.329 e. The zero-order valence-corrected chi connectivity index (χ0v) is 13.3. The molecule has 114 valence electrons.